The predicted molar refractivity (Wildman–Crippen MR) is 97.3 cm³/mol. The van der Waals surface area contributed by atoms with Crippen LogP contribution < -0.4 is 0 Å². The SMILES string of the molecule is CCCCCCCCCCCCc1cccc2ccncc12. The topological polar surface area (TPSA) is 12.9 Å². The van der Waals surface area contributed by atoms with E-state index >= 15 is 0 Å². The average molecular weight is 297 g/mol. The Labute approximate surface area is 136 Å². The highest BCUT2D eigenvalue weighted by Gasteiger charge is 2.00. The van der Waals surface area contributed by atoms with Gasteiger partial charge in [0.1, 0.15) is 0 Å². The molecular formula is C21H31N. The lowest BCUT2D eigenvalue weighted by atomic mass is 10.00. The van der Waals surface area contributed by atoms with Gasteiger partial charge in [0, 0.05) is 17.8 Å². The van der Waals surface area contributed by atoms with Crippen molar-refractivity contribution in [1.29, 1.82) is 0 Å². The normalized spacial score (nSPS) is 11.1. The molecule has 0 saturated heterocycles. The molecule has 0 radical (unpaired) electrons. The van der Waals surface area contributed by atoms with Crippen LogP contribution in [0.3, 0.4) is 0 Å². The van der Waals surface area contributed by atoms with E-state index in [1.54, 1.807) is 0 Å². The number of pyridine rings is 1. The minimum absolute atomic E-state index is 1.19. The number of fused-ring (bicyclic) bond motifs is 1. The molecule has 22 heavy (non-hydrogen) atoms. The smallest absolute Gasteiger partial charge is 0.0349 e. The van der Waals surface area contributed by atoms with Crippen molar-refractivity contribution in [3.63, 3.8) is 0 Å². The zero-order valence-corrected chi connectivity index (χ0v) is 14.2. The lowest BCUT2D eigenvalue weighted by Gasteiger charge is -2.06. The van der Waals surface area contributed by atoms with Crippen molar-refractivity contribution in [2.45, 2.75) is 77.6 Å². The summed E-state index contributed by atoms with van der Waals surface area (Å²) in [5.41, 5.74) is 1.46. The van der Waals surface area contributed by atoms with Crippen LogP contribution in [0.5, 0.6) is 0 Å². The van der Waals surface area contributed by atoms with E-state index in [0.29, 0.717) is 0 Å². The third kappa shape index (κ3) is 5.79. The molecule has 0 unspecified atom stereocenters. The predicted octanol–water partition coefficient (Wildman–Crippen LogP) is 6.70. The standard InChI is InChI=1S/C21H31N/c1-2-3-4-5-6-7-8-9-10-11-13-19-14-12-15-20-16-17-22-18-21(19)20/h12,14-18H,2-11,13H2,1H3. The molecule has 1 aromatic carbocycles. The maximum absolute atomic E-state index is 4.27. The maximum Gasteiger partial charge on any atom is 0.0349 e. The number of aromatic nitrogens is 1. The summed E-state index contributed by atoms with van der Waals surface area (Å²) in [4.78, 5) is 4.27. The van der Waals surface area contributed by atoms with Crippen molar-refractivity contribution in [1.82, 2.24) is 4.98 Å². The first-order chi connectivity index (χ1) is 10.9. The quantitative estimate of drug-likeness (QED) is 0.421. The van der Waals surface area contributed by atoms with Crippen LogP contribution in [0.1, 0.15) is 76.7 Å². The highest BCUT2D eigenvalue weighted by Crippen LogP contribution is 2.20. The number of aryl methyl sites for hydroxylation is 1. The fraction of sp³-hybridized carbons (Fsp3) is 0.571. The molecule has 0 amide bonds. The molecule has 1 aromatic heterocycles. The molecule has 0 aliphatic carbocycles. The van der Waals surface area contributed by atoms with Gasteiger partial charge in [-0.2, -0.15) is 0 Å². The van der Waals surface area contributed by atoms with Crippen molar-refractivity contribution >= 4 is 10.8 Å². The lowest BCUT2D eigenvalue weighted by molar-refractivity contribution is 0.556. The van der Waals surface area contributed by atoms with Crippen LogP contribution in [-0.4, -0.2) is 4.98 Å². The van der Waals surface area contributed by atoms with E-state index in [4.69, 9.17) is 0 Å². The van der Waals surface area contributed by atoms with Gasteiger partial charge in [-0.05, 0) is 29.9 Å². The van der Waals surface area contributed by atoms with E-state index in [2.05, 4.69) is 36.2 Å². The molecule has 0 aliphatic rings. The molecule has 0 saturated carbocycles. The minimum Gasteiger partial charge on any atom is -0.264 e. The first-order valence-electron chi connectivity index (χ1n) is 9.23. The largest absolute Gasteiger partial charge is 0.264 e. The average Bonchev–Trinajstić information content (AvgIpc) is 2.56. The third-order valence-corrected chi connectivity index (χ3v) is 4.57. The summed E-state index contributed by atoms with van der Waals surface area (Å²) < 4.78 is 0. The summed E-state index contributed by atoms with van der Waals surface area (Å²) in [6.45, 7) is 2.28. The lowest BCUT2D eigenvalue weighted by Crippen LogP contribution is -1.89. The van der Waals surface area contributed by atoms with Crippen molar-refractivity contribution in [2.24, 2.45) is 0 Å². The van der Waals surface area contributed by atoms with E-state index in [-0.39, 0.29) is 0 Å². The minimum atomic E-state index is 1.19. The molecule has 1 heteroatoms. The first kappa shape index (κ1) is 17.0. The Morgan fingerprint density at radius 2 is 1.45 bits per heavy atom. The molecule has 0 bridgehead atoms. The summed E-state index contributed by atoms with van der Waals surface area (Å²) in [5, 5.41) is 2.65. The van der Waals surface area contributed by atoms with E-state index < -0.39 is 0 Å². The zero-order chi connectivity index (χ0) is 15.5. The number of rotatable bonds is 11. The van der Waals surface area contributed by atoms with Gasteiger partial charge in [-0.3, -0.25) is 4.98 Å². The number of hydrogen-bond acceptors (Lipinski definition) is 1. The molecule has 0 fully saturated rings. The van der Waals surface area contributed by atoms with Gasteiger partial charge in [-0.25, -0.2) is 0 Å². The molecule has 1 heterocycles. The summed E-state index contributed by atoms with van der Waals surface area (Å²) >= 11 is 0. The molecule has 0 atom stereocenters. The Morgan fingerprint density at radius 3 is 2.18 bits per heavy atom. The van der Waals surface area contributed by atoms with Crippen LogP contribution in [0.4, 0.5) is 0 Å². The number of unbranched alkanes of at least 4 members (excludes halogenated alkanes) is 9. The van der Waals surface area contributed by atoms with E-state index in [9.17, 15) is 0 Å². The second-order valence-corrected chi connectivity index (χ2v) is 6.45. The number of nitrogens with zero attached hydrogens (tertiary/aromatic N) is 1. The molecule has 0 spiro atoms. The Morgan fingerprint density at radius 1 is 0.773 bits per heavy atom. The van der Waals surface area contributed by atoms with E-state index in [1.165, 1.54) is 87.0 Å². The van der Waals surface area contributed by atoms with Crippen molar-refractivity contribution in [3.05, 3.63) is 42.2 Å². The van der Waals surface area contributed by atoms with Crippen LogP contribution in [0, 0.1) is 0 Å². The van der Waals surface area contributed by atoms with Gasteiger partial charge in [-0.15, -0.1) is 0 Å². The summed E-state index contributed by atoms with van der Waals surface area (Å²) in [5.74, 6) is 0. The van der Waals surface area contributed by atoms with E-state index in [1.807, 2.05) is 12.4 Å². The molecule has 0 N–H and O–H groups in total. The number of hydrogen-bond donors (Lipinski definition) is 0. The third-order valence-electron chi connectivity index (χ3n) is 4.57. The fourth-order valence-electron chi connectivity index (χ4n) is 3.20. The molecule has 2 aromatic rings. The molecule has 0 aliphatic heterocycles. The molecule has 120 valence electrons. The van der Waals surface area contributed by atoms with Gasteiger partial charge < -0.3 is 0 Å². The van der Waals surface area contributed by atoms with Crippen molar-refractivity contribution in [2.75, 3.05) is 0 Å². The highest BCUT2D eigenvalue weighted by molar-refractivity contribution is 5.84. The van der Waals surface area contributed by atoms with Gasteiger partial charge in [0.2, 0.25) is 0 Å². The molecule has 1 nitrogen and oxygen atoms in total. The van der Waals surface area contributed by atoms with Gasteiger partial charge in [0.25, 0.3) is 0 Å². The van der Waals surface area contributed by atoms with E-state index in [0.717, 1.165) is 0 Å². The van der Waals surface area contributed by atoms with Crippen LogP contribution >= 0.6 is 0 Å². The Hall–Kier alpha value is -1.37. The van der Waals surface area contributed by atoms with Gasteiger partial charge >= 0.3 is 0 Å². The monoisotopic (exact) mass is 297 g/mol. The van der Waals surface area contributed by atoms with Crippen LogP contribution in [-0.2, 0) is 6.42 Å². The zero-order valence-electron chi connectivity index (χ0n) is 14.2. The van der Waals surface area contributed by atoms with Gasteiger partial charge in [0.15, 0.2) is 0 Å². The Balaban J connectivity index is 1.59. The van der Waals surface area contributed by atoms with Crippen LogP contribution in [0.15, 0.2) is 36.7 Å². The van der Waals surface area contributed by atoms with Crippen molar-refractivity contribution in [3.8, 4) is 0 Å². The number of benzene rings is 1. The van der Waals surface area contributed by atoms with Crippen molar-refractivity contribution < 1.29 is 0 Å². The molecule has 2 rings (SSSR count). The second kappa shape index (κ2) is 10.4. The maximum atomic E-state index is 4.27. The summed E-state index contributed by atoms with van der Waals surface area (Å²) in [6, 6.07) is 8.72. The fourth-order valence-corrected chi connectivity index (χ4v) is 3.20. The summed E-state index contributed by atoms with van der Waals surface area (Å²) in [6.07, 6.45) is 19.1. The van der Waals surface area contributed by atoms with Crippen LogP contribution in [0.2, 0.25) is 0 Å². The molecular weight excluding hydrogens is 266 g/mol. The highest BCUT2D eigenvalue weighted by atomic mass is 14.6. The van der Waals surface area contributed by atoms with Crippen LogP contribution in [0.25, 0.3) is 10.8 Å². The summed E-state index contributed by atoms with van der Waals surface area (Å²) in [7, 11) is 0. The first-order valence-corrected chi connectivity index (χ1v) is 9.23. The Kier molecular flexibility index (Phi) is 8.01. The Bertz CT molecular complexity index is 527. The van der Waals surface area contributed by atoms with Gasteiger partial charge in [-0.1, -0.05) is 82.9 Å². The second-order valence-electron chi connectivity index (χ2n) is 6.45. The van der Waals surface area contributed by atoms with Gasteiger partial charge in [0.05, 0.1) is 0 Å².